The summed E-state index contributed by atoms with van der Waals surface area (Å²) in [5, 5.41) is 0. The Morgan fingerprint density at radius 1 is 1.35 bits per heavy atom. The Hall–Kier alpha value is -1.35. The molecular formula is C14H18O3. The maximum Gasteiger partial charge on any atom is 0.169 e. The number of benzene rings is 1. The maximum absolute atomic E-state index is 11.4. The summed E-state index contributed by atoms with van der Waals surface area (Å²) in [6.07, 6.45) is -0.0394. The molecule has 92 valence electrons. The zero-order chi connectivity index (χ0) is 12.4. The number of aryl methyl sites for hydroxylation is 2. The highest BCUT2D eigenvalue weighted by atomic mass is 16.5. The molecule has 0 bridgehead atoms. The predicted molar refractivity (Wildman–Crippen MR) is 65.4 cm³/mol. The Morgan fingerprint density at radius 3 is 2.71 bits per heavy atom. The van der Waals surface area contributed by atoms with Crippen molar-refractivity contribution in [2.24, 2.45) is 0 Å². The average Bonchev–Trinajstić information content (AvgIpc) is 2.28. The van der Waals surface area contributed by atoms with Gasteiger partial charge in [-0.3, -0.25) is 4.79 Å². The zero-order valence-corrected chi connectivity index (χ0v) is 10.5. The standard InChI is InChI=1S/C14H18O3/c1-4-16-14-11(15)8-13(14)17-12-6-5-9(2)7-10(12)3/h5-7,13-14H,4,8H2,1-3H3. The maximum atomic E-state index is 11.4. The lowest BCUT2D eigenvalue weighted by atomic mass is 9.90. The molecular weight excluding hydrogens is 216 g/mol. The van der Waals surface area contributed by atoms with Gasteiger partial charge < -0.3 is 9.47 Å². The Bertz CT molecular complexity index is 425. The van der Waals surface area contributed by atoms with Gasteiger partial charge in [0.25, 0.3) is 0 Å². The summed E-state index contributed by atoms with van der Waals surface area (Å²) in [4.78, 5) is 11.4. The van der Waals surface area contributed by atoms with Crippen LogP contribution in [0.15, 0.2) is 18.2 Å². The average molecular weight is 234 g/mol. The number of ketones is 1. The molecule has 0 spiro atoms. The van der Waals surface area contributed by atoms with Crippen LogP contribution in [0.2, 0.25) is 0 Å². The molecule has 1 aliphatic carbocycles. The molecule has 0 saturated heterocycles. The summed E-state index contributed by atoms with van der Waals surface area (Å²) in [5.74, 6) is 0.986. The van der Waals surface area contributed by atoms with Gasteiger partial charge in [-0.1, -0.05) is 17.7 Å². The lowest BCUT2D eigenvalue weighted by Crippen LogP contribution is -2.52. The lowest BCUT2D eigenvalue weighted by molar-refractivity contribution is -0.154. The van der Waals surface area contributed by atoms with Crippen LogP contribution in [0.4, 0.5) is 0 Å². The van der Waals surface area contributed by atoms with Gasteiger partial charge in [0.2, 0.25) is 0 Å². The summed E-state index contributed by atoms with van der Waals surface area (Å²) < 4.78 is 11.2. The van der Waals surface area contributed by atoms with Gasteiger partial charge in [-0.15, -0.1) is 0 Å². The quantitative estimate of drug-likeness (QED) is 0.802. The molecule has 2 rings (SSSR count). The van der Waals surface area contributed by atoms with E-state index in [0.717, 1.165) is 11.3 Å². The molecule has 0 radical (unpaired) electrons. The first-order valence-electron chi connectivity index (χ1n) is 6.00. The van der Waals surface area contributed by atoms with Crippen molar-refractivity contribution in [3.05, 3.63) is 29.3 Å². The number of ether oxygens (including phenoxy) is 2. The first-order chi connectivity index (χ1) is 8.11. The van der Waals surface area contributed by atoms with Gasteiger partial charge in [-0.2, -0.15) is 0 Å². The second-order valence-electron chi connectivity index (χ2n) is 4.47. The monoisotopic (exact) mass is 234 g/mol. The molecule has 0 heterocycles. The van der Waals surface area contributed by atoms with Crippen LogP contribution in [0.25, 0.3) is 0 Å². The van der Waals surface area contributed by atoms with Crippen molar-refractivity contribution in [1.82, 2.24) is 0 Å². The van der Waals surface area contributed by atoms with Gasteiger partial charge in [-0.25, -0.2) is 0 Å². The molecule has 3 nitrogen and oxygen atoms in total. The summed E-state index contributed by atoms with van der Waals surface area (Å²) in [6, 6.07) is 6.04. The van der Waals surface area contributed by atoms with Crippen LogP contribution in [0, 0.1) is 13.8 Å². The minimum Gasteiger partial charge on any atom is -0.486 e. The minimum absolute atomic E-state index is 0.121. The van der Waals surface area contributed by atoms with E-state index in [1.165, 1.54) is 5.56 Å². The van der Waals surface area contributed by atoms with Crippen LogP contribution in [-0.4, -0.2) is 24.6 Å². The van der Waals surface area contributed by atoms with Crippen molar-refractivity contribution in [3.63, 3.8) is 0 Å². The molecule has 2 unspecified atom stereocenters. The second kappa shape index (κ2) is 4.88. The van der Waals surface area contributed by atoms with E-state index in [9.17, 15) is 4.79 Å². The topological polar surface area (TPSA) is 35.5 Å². The third kappa shape index (κ3) is 2.50. The van der Waals surface area contributed by atoms with Gasteiger partial charge in [0, 0.05) is 13.0 Å². The Kier molecular flexibility index (Phi) is 3.48. The summed E-state index contributed by atoms with van der Waals surface area (Å²) >= 11 is 0. The molecule has 1 aromatic carbocycles. The molecule has 0 amide bonds. The number of hydrogen-bond acceptors (Lipinski definition) is 3. The Morgan fingerprint density at radius 2 is 2.12 bits per heavy atom. The number of hydrogen-bond donors (Lipinski definition) is 0. The molecule has 2 atom stereocenters. The van der Waals surface area contributed by atoms with E-state index in [4.69, 9.17) is 9.47 Å². The van der Waals surface area contributed by atoms with Crippen LogP contribution in [0.3, 0.4) is 0 Å². The van der Waals surface area contributed by atoms with E-state index in [-0.39, 0.29) is 18.0 Å². The van der Waals surface area contributed by atoms with Crippen LogP contribution >= 0.6 is 0 Å². The molecule has 1 aliphatic rings. The summed E-state index contributed by atoms with van der Waals surface area (Å²) in [6.45, 7) is 6.49. The molecule has 0 N–H and O–H groups in total. The highest BCUT2D eigenvalue weighted by Crippen LogP contribution is 2.28. The molecule has 17 heavy (non-hydrogen) atoms. The molecule has 1 aromatic rings. The fourth-order valence-electron chi connectivity index (χ4n) is 2.05. The fraction of sp³-hybridized carbons (Fsp3) is 0.500. The van der Waals surface area contributed by atoms with Gasteiger partial charge in [-0.05, 0) is 32.4 Å². The van der Waals surface area contributed by atoms with Crippen LogP contribution in [-0.2, 0) is 9.53 Å². The lowest BCUT2D eigenvalue weighted by Gasteiger charge is -2.34. The van der Waals surface area contributed by atoms with E-state index in [1.54, 1.807) is 0 Å². The Balaban J connectivity index is 2.04. The van der Waals surface area contributed by atoms with Crippen molar-refractivity contribution < 1.29 is 14.3 Å². The molecule has 0 aromatic heterocycles. The van der Waals surface area contributed by atoms with Gasteiger partial charge >= 0.3 is 0 Å². The van der Waals surface area contributed by atoms with E-state index >= 15 is 0 Å². The summed E-state index contributed by atoms with van der Waals surface area (Å²) in [7, 11) is 0. The van der Waals surface area contributed by atoms with E-state index in [0.29, 0.717) is 13.0 Å². The first kappa shape index (κ1) is 12.1. The number of Topliss-reactive ketones (excluding diaryl/α,β-unsaturated/α-hetero) is 1. The van der Waals surface area contributed by atoms with Crippen molar-refractivity contribution in [1.29, 1.82) is 0 Å². The zero-order valence-electron chi connectivity index (χ0n) is 10.5. The smallest absolute Gasteiger partial charge is 0.169 e. The van der Waals surface area contributed by atoms with Crippen molar-refractivity contribution >= 4 is 5.78 Å². The van der Waals surface area contributed by atoms with Crippen LogP contribution < -0.4 is 4.74 Å². The van der Waals surface area contributed by atoms with Gasteiger partial charge in [0.05, 0.1) is 0 Å². The third-order valence-electron chi connectivity index (χ3n) is 3.01. The predicted octanol–water partition coefficient (Wildman–Crippen LogP) is 2.43. The van der Waals surface area contributed by atoms with E-state index in [2.05, 4.69) is 6.07 Å². The summed E-state index contributed by atoms with van der Waals surface area (Å²) in [5.41, 5.74) is 2.31. The molecule has 1 fully saturated rings. The van der Waals surface area contributed by atoms with Gasteiger partial charge in [0.15, 0.2) is 11.9 Å². The van der Waals surface area contributed by atoms with Gasteiger partial charge in [0.1, 0.15) is 11.9 Å². The normalized spacial score (nSPS) is 23.4. The third-order valence-corrected chi connectivity index (χ3v) is 3.01. The first-order valence-corrected chi connectivity index (χ1v) is 6.00. The second-order valence-corrected chi connectivity index (χ2v) is 4.47. The number of carbonyl (C=O) groups is 1. The van der Waals surface area contributed by atoms with E-state index in [1.807, 2.05) is 32.9 Å². The Labute approximate surface area is 102 Å². The minimum atomic E-state index is -0.374. The van der Waals surface area contributed by atoms with Crippen molar-refractivity contribution in [2.45, 2.75) is 39.4 Å². The highest BCUT2D eigenvalue weighted by molar-refractivity contribution is 5.90. The number of carbonyl (C=O) groups excluding carboxylic acids is 1. The fourth-order valence-corrected chi connectivity index (χ4v) is 2.05. The number of rotatable bonds is 4. The van der Waals surface area contributed by atoms with Crippen LogP contribution in [0.1, 0.15) is 24.5 Å². The molecule has 3 heteroatoms. The van der Waals surface area contributed by atoms with E-state index < -0.39 is 0 Å². The molecule has 1 saturated carbocycles. The highest BCUT2D eigenvalue weighted by Gasteiger charge is 2.42. The molecule has 0 aliphatic heterocycles. The SMILES string of the molecule is CCOC1C(=O)CC1Oc1ccc(C)cc1C. The van der Waals surface area contributed by atoms with Crippen LogP contribution in [0.5, 0.6) is 5.75 Å². The largest absolute Gasteiger partial charge is 0.486 e. The van der Waals surface area contributed by atoms with Crippen molar-refractivity contribution in [2.75, 3.05) is 6.61 Å². The van der Waals surface area contributed by atoms with Crippen molar-refractivity contribution in [3.8, 4) is 5.75 Å².